The van der Waals surface area contributed by atoms with Crippen LogP contribution < -0.4 is 9.46 Å². The minimum atomic E-state index is -3.84. The van der Waals surface area contributed by atoms with Gasteiger partial charge in [0.1, 0.15) is 11.3 Å². The lowest BCUT2D eigenvalue weighted by Gasteiger charge is -2.13. The van der Waals surface area contributed by atoms with Gasteiger partial charge in [-0.15, -0.1) is 0 Å². The highest BCUT2D eigenvalue weighted by Crippen LogP contribution is 2.22. The predicted molar refractivity (Wildman–Crippen MR) is 92.7 cm³/mol. The summed E-state index contributed by atoms with van der Waals surface area (Å²) in [6.45, 7) is 1.73. The van der Waals surface area contributed by atoms with Crippen molar-refractivity contribution < 1.29 is 22.0 Å². The summed E-state index contributed by atoms with van der Waals surface area (Å²) in [4.78, 5) is -0.151. The number of para-hydroxylation sites is 1. The minimum Gasteiger partial charge on any atom is -0.494 e. The second-order valence-corrected chi connectivity index (χ2v) is 7.49. The Bertz CT molecular complexity index is 964. The van der Waals surface area contributed by atoms with Crippen LogP contribution >= 0.6 is 0 Å². The normalized spacial score (nSPS) is 13.1. The van der Waals surface area contributed by atoms with Crippen LogP contribution in [0.4, 0.5) is 4.39 Å². The zero-order valence-corrected chi connectivity index (χ0v) is 14.6. The SMILES string of the molecule is COc1ccc(S(=O)(=O)N[C@H](C)Cc2cc3ccccc3o2)cc1F. The smallest absolute Gasteiger partial charge is 0.240 e. The Morgan fingerprint density at radius 1 is 1.20 bits per heavy atom. The number of methoxy groups -OCH3 is 1. The predicted octanol–water partition coefficient (Wildman–Crippen LogP) is 3.49. The molecule has 1 aromatic heterocycles. The number of sulfonamides is 1. The van der Waals surface area contributed by atoms with Crippen LogP contribution in [0, 0.1) is 5.82 Å². The number of nitrogens with one attached hydrogen (secondary N) is 1. The van der Waals surface area contributed by atoms with E-state index in [2.05, 4.69) is 4.72 Å². The molecule has 0 aliphatic carbocycles. The second kappa shape index (κ2) is 6.85. The van der Waals surface area contributed by atoms with Crippen molar-refractivity contribution in [3.05, 3.63) is 60.1 Å². The van der Waals surface area contributed by atoms with Crippen LogP contribution in [0.25, 0.3) is 11.0 Å². The van der Waals surface area contributed by atoms with Gasteiger partial charge in [-0.1, -0.05) is 18.2 Å². The topological polar surface area (TPSA) is 68.5 Å². The summed E-state index contributed by atoms with van der Waals surface area (Å²) < 4.78 is 51.6. The van der Waals surface area contributed by atoms with Crippen LogP contribution in [-0.2, 0) is 16.4 Å². The molecule has 0 fully saturated rings. The van der Waals surface area contributed by atoms with Crippen LogP contribution in [0.2, 0.25) is 0 Å². The maximum Gasteiger partial charge on any atom is 0.240 e. The number of halogens is 1. The van der Waals surface area contributed by atoms with Crippen molar-refractivity contribution in [3.8, 4) is 5.75 Å². The summed E-state index contributed by atoms with van der Waals surface area (Å²) in [7, 11) is -2.52. The van der Waals surface area contributed by atoms with E-state index in [1.54, 1.807) is 6.92 Å². The molecular weight excluding hydrogens is 345 g/mol. The fraction of sp³-hybridized carbons (Fsp3) is 0.222. The molecule has 1 heterocycles. The van der Waals surface area contributed by atoms with Gasteiger partial charge < -0.3 is 9.15 Å². The zero-order chi connectivity index (χ0) is 18.0. The molecule has 0 unspecified atom stereocenters. The molecule has 0 bridgehead atoms. The molecular formula is C18H18FNO4S. The van der Waals surface area contributed by atoms with E-state index in [0.717, 1.165) is 17.0 Å². The highest BCUT2D eigenvalue weighted by molar-refractivity contribution is 7.89. The van der Waals surface area contributed by atoms with Gasteiger partial charge in [-0.3, -0.25) is 0 Å². The van der Waals surface area contributed by atoms with E-state index >= 15 is 0 Å². The van der Waals surface area contributed by atoms with Gasteiger partial charge in [-0.2, -0.15) is 0 Å². The van der Waals surface area contributed by atoms with Crippen molar-refractivity contribution in [1.82, 2.24) is 4.72 Å². The number of hydrogen-bond donors (Lipinski definition) is 1. The number of ether oxygens (including phenoxy) is 1. The fourth-order valence-corrected chi connectivity index (χ4v) is 3.88. The van der Waals surface area contributed by atoms with Crippen molar-refractivity contribution in [1.29, 1.82) is 0 Å². The van der Waals surface area contributed by atoms with Crippen LogP contribution in [0.5, 0.6) is 5.75 Å². The first-order chi connectivity index (χ1) is 11.9. The molecule has 2 aromatic carbocycles. The van der Waals surface area contributed by atoms with Crippen molar-refractivity contribution in [2.24, 2.45) is 0 Å². The van der Waals surface area contributed by atoms with Crippen LogP contribution in [0.3, 0.4) is 0 Å². The molecule has 5 nitrogen and oxygen atoms in total. The lowest BCUT2D eigenvalue weighted by molar-refractivity contribution is 0.385. The Kier molecular flexibility index (Phi) is 4.78. The number of rotatable bonds is 6. The van der Waals surface area contributed by atoms with Gasteiger partial charge in [0.25, 0.3) is 0 Å². The van der Waals surface area contributed by atoms with Crippen molar-refractivity contribution in [2.45, 2.75) is 24.3 Å². The number of fused-ring (bicyclic) bond motifs is 1. The Labute approximate surface area is 145 Å². The maximum atomic E-state index is 13.8. The molecule has 132 valence electrons. The first kappa shape index (κ1) is 17.4. The largest absolute Gasteiger partial charge is 0.494 e. The van der Waals surface area contributed by atoms with Crippen molar-refractivity contribution >= 4 is 21.0 Å². The molecule has 1 atom stereocenters. The molecule has 0 aliphatic rings. The summed E-state index contributed by atoms with van der Waals surface area (Å²) in [6.07, 6.45) is 0.381. The van der Waals surface area contributed by atoms with E-state index in [9.17, 15) is 12.8 Å². The number of furan rings is 1. The van der Waals surface area contributed by atoms with E-state index in [1.165, 1.54) is 19.2 Å². The average molecular weight is 363 g/mol. The molecule has 3 rings (SSSR count). The van der Waals surface area contributed by atoms with Crippen molar-refractivity contribution in [2.75, 3.05) is 7.11 Å². The summed E-state index contributed by atoms with van der Waals surface area (Å²) in [6, 6.07) is 12.6. The average Bonchev–Trinajstić information content (AvgIpc) is 2.96. The first-order valence-corrected chi connectivity index (χ1v) is 9.20. The molecule has 0 saturated heterocycles. The monoisotopic (exact) mass is 363 g/mol. The third kappa shape index (κ3) is 3.83. The first-order valence-electron chi connectivity index (χ1n) is 7.72. The van der Waals surface area contributed by atoms with E-state index < -0.39 is 21.9 Å². The number of benzene rings is 2. The molecule has 0 aliphatic heterocycles. The Balaban J connectivity index is 1.74. The quantitative estimate of drug-likeness (QED) is 0.728. The summed E-state index contributed by atoms with van der Waals surface area (Å²) in [5.41, 5.74) is 0.754. The van der Waals surface area contributed by atoms with Gasteiger partial charge >= 0.3 is 0 Å². The maximum absolute atomic E-state index is 13.8. The molecule has 25 heavy (non-hydrogen) atoms. The van der Waals surface area contributed by atoms with Gasteiger partial charge in [0.15, 0.2) is 11.6 Å². The van der Waals surface area contributed by atoms with Crippen molar-refractivity contribution in [3.63, 3.8) is 0 Å². The third-order valence-corrected chi connectivity index (χ3v) is 5.36. The molecule has 0 radical (unpaired) electrons. The summed E-state index contributed by atoms with van der Waals surface area (Å²) in [5, 5.41) is 0.963. The lowest BCUT2D eigenvalue weighted by Crippen LogP contribution is -2.34. The Morgan fingerprint density at radius 2 is 1.96 bits per heavy atom. The van der Waals surface area contributed by atoms with Gasteiger partial charge in [0.2, 0.25) is 10.0 Å². The van der Waals surface area contributed by atoms with E-state index in [4.69, 9.17) is 9.15 Å². The highest BCUT2D eigenvalue weighted by atomic mass is 32.2. The van der Waals surface area contributed by atoms with E-state index in [0.29, 0.717) is 12.2 Å². The van der Waals surface area contributed by atoms with E-state index in [1.807, 2.05) is 30.3 Å². The van der Waals surface area contributed by atoms with Gasteiger partial charge in [0, 0.05) is 17.8 Å². The Hall–Kier alpha value is -2.38. The molecule has 0 spiro atoms. The lowest BCUT2D eigenvalue weighted by atomic mass is 10.2. The van der Waals surface area contributed by atoms with Gasteiger partial charge in [-0.05, 0) is 37.3 Å². The summed E-state index contributed by atoms with van der Waals surface area (Å²) >= 11 is 0. The standard InChI is InChI=1S/C18H18FNO4S/c1-12(9-14-10-13-5-3-4-6-17(13)24-14)20-25(21,22)15-7-8-18(23-2)16(19)11-15/h3-8,10-12,20H,9H2,1-2H3/t12-/m1/s1. The molecule has 0 amide bonds. The minimum absolute atomic E-state index is 0.00530. The molecule has 3 aromatic rings. The van der Waals surface area contributed by atoms with Gasteiger partial charge in [0.05, 0.1) is 12.0 Å². The Morgan fingerprint density at radius 3 is 2.64 bits per heavy atom. The van der Waals surface area contributed by atoms with E-state index in [-0.39, 0.29) is 10.6 Å². The zero-order valence-electron chi connectivity index (χ0n) is 13.8. The molecule has 1 N–H and O–H groups in total. The highest BCUT2D eigenvalue weighted by Gasteiger charge is 2.20. The summed E-state index contributed by atoms with van der Waals surface area (Å²) in [5.74, 6) is -0.0538. The molecule has 7 heteroatoms. The van der Waals surface area contributed by atoms with Gasteiger partial charge in [-0.25, -0.2) is 17.5 Å². The number of hydrogen-bond acceptors (Lipinski definition) is 4. The van der Waals surface area contributed by atoms with Crippen LogP contribution in [0.1, 0.15) is 12.7 Å². The van der Waals surface area contributed by atoms with Crippen LogP contribution in [-0.4, -0.2) is 21.6 Å². The molecule has 0 saturated carbocycles. The fourth-order valence-electron chi connectivity index (χ4n) is 2.63. The van der Waals surface area contributed by atoms with Crippen LogP contribution in [0.15, 0.2) is 57.8 Å². The third-order valence-electron chi connectivity index (χ3n) is 3.77. The second-order valence-electron chi connectivity index (χ2n) is 5.77.